The zero-order valence-corrected chi connectivity index (χ0v) is 28.7. The van der Waals surface area contributed by atoms with Gasteiger partial charge in [0.15, 0.2) is 18.5 Å². The third-order valence-corrected chi connectivity index (χ3v) is 9.56. The Kier molecular flexibility index (Phi) is 9.78. The number of nitrogens with one attached hydrogen (secondary N) is 1. The molecule has 2 saturated heterocycles. The number of esters is 1. The van der Waals surface area contributed by atoms with Crippen molar-refractivity contribution in [1.82, 2.24) is 10.2 Å². The molecule has 2 fully saturated rings. The summed E-state index contributed by atoms with van der Waals surface area (Å²) in [6, 6.07) is 21.2. The molecule has 0 radical (unpaired) electrons. The van der Waals surface area contributed by atoms with Gasteiger partial charge in [-0.1, -0.05) is 60.7 Å². The van der Waals surface area contributed by atoms with Crippen LogP contribution in [0, 0.1) is 0 Å². The summed E-state index contributed by atoms with van der Waals surface area (Å²) < 4.78 is 13.2. The van der Waals surface area contributed by atoms with Crippen molar-refractivity contribution in [3.8, 4) is 0 Å². The Morgan fingerprint density at radius 2 is 1.68 bits per heavy atom. The molecule has 3 N–H and O–H groups in total. The fourth-order valence-corrected chi connectivity index (χ4v) is 7.38. The number of anilines is 1. The minimum atomic E-state index is -0.917. The highest BCUT2D eigenvalue weighted by atomic mass is 32.2. The van der Waals surface area contributed by atoms with Gasteiger partial charge in [0.05, 0.1) is 0 Å². The number of allylic oxidation sites excluding steroid dienone is 1. The number of carbonyl (C=O) groups is 5. The van der Waals surface area contributed by atoms with Crippen LogP contribution in [0.2, 0.25) is 0 Å². The topological polar surface area (TPSA) is 152 Å². The molecule has 12 nitrogen and oxygen atoms in total. The number of fused-ring (bicyclic) bond motifs is 1. The number of benzene rings is 2. The molecule has 0 saturated carbocycles. The lowest BCUT2D eigenvalue weighted by molar-refractivity contribution is -0.683. The number of hydrogen-bond donors (Lipinski definition) is 2. The SMILES string of the molecule is CC(C)(C)OC(=O)N[C@@H]1C(=O)N2C(C(=O)OC(c3ccccc3)c3ccccc3)=C(C=C3CCN(c4ccc[n+](CC(N)=O)c4)C3=O)CS[C@H]12. The number of primary amides is 1. The molecule has 4 amide bonds. The number of nitrogens with two attached hydrogens (primary N) is 1. The molecule has 0 bridgehead atoms. The van der Waals surface area contributed by atoms with Gasteiger partial charge in [0.2, 0.25) is 6.54 Å². The average Bonchev–Trinajstić information content (AvgIpc) is 3.44. The third-order valence-electron chi connectivity index (χ3n) is 8.26. The van der Waals surface area contributed by atoms with E-state index in [0.717, 1.165) is 11.1 Å². The fourth-order valence-electron chi connectivity index (χ4n) is 6.08. The number of hydrogen-bond acceptors (Lipinski definition) is 8. The van der Waals surface area contributed by atoms with Crippen molar-refractivity contribution in [2.45, 2.75) is 56.9 Å². The number of nitrogens with zero attached hydrogens (tertiary/aromatic N) is 3. The predicted octanol–water partition coefficient (Wildman–Crippen LogP) is 3.52. The van der Waals surface area contributed by atoms with E-state index in [1.807, 2.05) is 60.7 Å². The smallest absolute Gasteiger partial charge is 0.408 e. The molecule has 3 aliphatic rings. The molecule has 0 aliphatic carbocycles. The van der Waals surface area contributed by atoms with Crippen molar-refractivity contribution in [3.63, 3.8) is 0 Å². The number of alkyl carbamates (subject to hydrolysis) is 1. The fraction of sp³-hybridized carbons (Fsp3) is 0.297. The molecule has 6 rings (SSSR count). The lowest BCUT2D eigenvalue weighted by atomic mass is 10.00. The Hall–Kier alpha value is -5.43. The molecule has 2 atom stereocenters. The van der Waals surface area contributed by atoms with Crippen LogP contribution >= 0.6 is 11.8 Å². The van der Waals surface area contributed by atoms with E-state index in [9.17, 15) is 24.0 Å². The maximum atomic E-state index is 14.3. The van der Waals surface area contributed by atoms with E-state index >= 15 is 0 Å². The second-order valence-corrected chi connectivity index (χ2v) is 14.2. The second-order valence-electron chi connectivity index (χ2n) is 13.1. The van der Waals surface area contributed by atoms with Crippen LogP contribution in [0.4, 0.5) is 10.5 Å². The van der Waals surface area contributed by atoms with Gasteiger partial charge in [-0.15, -0.1) is 11.8 Å². The van der Waals surface area contributed by atoms with E-state index in [-0.39, 0.29) is 23.9 Å². The van der Waals surface area contributed by atoms with Gasteiger partial charge in [-0.2, -0.15) is 4.57 Å². The van der Waals surface area contributed by atoms with E-state index in [1.165, 1.54) is 16.7 Å². The zero-order chi connectivity index (χ0) is 35.6. The molecule has 2 aromatic carbocycles. The average molecular weight is 697 g/mol. The van der Waals surface area contributed by atoms with Crippen LogP contribution in [0.15, 0.2) is 108 Å². The van der Waals surface area contributed by atoms with Crippen molar-refractivity contribution in [1.29, 1.82) is 0 Å². The van der Waals surface area contributed by atoms with Gasteiger partial charge in [-0.05, 0) is 56.0 Å². The highest BCUT2D eigenvalue weighted by molar-refractivity contribution is 8.00. The van der Waals surface area contributed by atoms with Gasteiger partial charge in [-0.3, -0.25) is 19.3 Å². The largest absolute Gasteiger partial charge is 0.448 e. The Morgan fingerprint density at radius 1 is 1.02 bits per heavy atom. The van der Waals surface area contributed by atoms with E-state index in [1.54, 1.807) is 60.8 Å². The molecular formula is C37H38N5O7S+. The highest BCUT2D eigenvalue weighted by Gasteiger charge is 2.55. The maximum Gasteiger partial charge on any atom is 0.408 e. The maximum absolute atomic E-state index is 14.3. The number of pyridine rings is 1. The first-order valence-electron chi connectivity index (χ1n) is 16.2. The van der Waals surface area contributed by atoms with Crippen molar-refractivity contribution in [2.24, 2.45) is 5.73 Å². The molecule has 4 heterocycles. The predicted molar refractivity (Wildman–Crippen MR) is 185 cm³/mol. The van der Waals surface area contributed by atoms with Crippen LogP contribution in [-0.4, -0.2) is 64.0 Å². The van der Waals surface area contributed by atoms with Gasteiger partial charge >= 0.3 is 12.1 Å². The van der Waals surface area contributed by atoms with Crippen LogP contribution in [0.25, 0.3) is 0 Å². The summed E-state index contributed by atoms with van der Waals surface area (Å²) in [7, 11) is 0. The van der Waals surface area contributed by atoms with Crippen molar-refractivity contribution in [2.75, 3.05) is 17.2 Å². The number of aromatic nitrogens is 1. The lowest BCUT2D eigenvalue weighted by Gasteiger charge is -2.49. The summed E-state index contributed by atoms with van der Waals surface area (Å²) in [5, 5.41) is 2.06. The summed E-state index contributed by atoms with van der Waals surface area (Å²) in [4.78, 5) is 68.8. The molecule has 258 valence electrons. The summed E-state index contributed by atoms with van der Waals surface area (Å²) >= 11 is 1.37. The van der Waals surface area contributed by atoms with E-state index in [4.69, 9.17) is 15.2 Å². The molecule has 0 unspecified atom stereocenters. The minimum Gasteiger partial charge on any atom is -0.448 e. The number of thioether (sulfide) groups is 1. The second kappa shape index (κ2) is 14.2. The minimum absolute atomic E-state index is 0.0237. The normalized spacial score (nSPS) is 19.7. The molecule has 13 heteroatoms. The monoisotopic (exact) mass is 696 g/mol. The summed E-state index contributed by atoms with van der Waals surface area (Å²) in [5.41, 5.74) is 7.61. The van der Waals surface area contributed by atoms with Gasteiger partial charge < -0.3 is 25.4 Å². The van der Waals surface area contributed by atoms with E-state index in [2.05, 4.69) is 5.32 Å². The van der Waals surface area contributed by atoms with Crippen LogP contribution in [0.1, 0.15) is 44.4 Å². The van der Waals surface area contributed by atoms with Gasteiger partial charge in [0, 0.05) is 23.9 Å². The third kappa shape index (κ3) is 7.42. The van der Waals surface area contributed by atoms with Crippen molar-refractivity contribution >= 4 is 47.2 Å². The molecular weight excluding hydrogens is 659 g/mol. The Balaban J connectivity index is 1.34. The molecule has 50 heavy (non-hydrogen) atoms. The molecule has 3 aromatic rings. The number of amides is 4. The summed E-state index contributed by atoms with van der Waals surface area (Å²) in [6.45, 7) is 5.53. The zero-order valence-electron chi connectivity index (χ0n) is 27.9. The molecule has 3 aliphatic heterocycles. The Labute approximate surface area is 293 Å². The Morgan fingerprint density at radius 3 is 2.30 bits per heavy atom. The van der Waals surface area contributed by atoms with Gasteiger partial charge in [0.25, 0.3) is 17.7 Å². The number of rotatable bonds is 9. The number of β-lactam (4-membered cyclic amide) rings is 1. The highest BCUT2D eigenvalue weighted by Crippen LogP contribution is 2.43. The van der Waals surface area contributed by atoms with Crippen molar-refractivity contribution in [3.05, 3.63) is 119 Å². The van der Waals surface area contributed by atoms with Crippen LogP contribution < -0.4 is 20.5 Å². The quantitative estimate of drug-likeness (QED) is 0.149. The molecule has 0 spiro atoms. The standard InChI is InChI=1S/C37H37N5O7S/c1-37(2,3)49-36(47)39-29-33(45)42-30(35(46)48-31(23-11-6-4-7-12-23)24-13-8-5-9-14-24)26(22-50-34(29)42)19-25-16-18-41(32(25)44)27-15-10-17-40(20-27)21-28(38)43/h4-15,17,19-20,29,31,34H,16,18,21-22H2,1-3H3,(H2-,38,39,43,47)/p+1/t29-,34-/m1/s1. The van der Waals surface area contributed by atoms with Crippen molar-refractivity contribution < 1.29 is 38.0 Å². The van der Waals surface area contributed by atoms with Gasteiger partial charge in [-0.25, -0.2) is 9.59 Å². The van der Waals surface area contributed by atoms with Gasteiger partial charge in [0.1, 0.15) is 28.4 Å². The Bertz CT molecular complexity index is 1850. The number of carbonyl (C=O) groups excluding carboxylic acids is 5. The lowest BCUT2D eigenvalue weighted by Crippen LogP contribution is -2.70. The van der Waals surface area contributed by atoms with Crippen LogP contribution in [0.5, 0.6) is 0 Å². The first kappa shape index (κ1) is 34.4. The number of ether oxygens (including phenoxy) is 2. The van der Waals surface area contributed by atoms with Crippen LogP contribution in [-0.2, 0) is 35.2 Å². The first-order chi connectivity index (χ1) is 23.9. The first-order valence-corrected chi connectivity index (χ1v) is 17.2. The summed E-state index contributed by atoms with van der Waals surface area (Å²) in [6.07, 6.45) is 3.91. The van der Waals surface area contributed by atoms with Crippen LogP contribution in [0.3, 0.4) is 0 Å². The summed E-state index contributed by atoms with van der Waals surface area (Å²) in [5.74, 6) is -1.73. The van der Waals surface area contributed by atoms with E-state index in [0.29, 0.717) is 29.8 Å². The molecule has 1 aromatic heterocycles. The van der Waals surface area contributed by atoms with E-state index < -0.39 is 47.0 Å².